The van der Waals surface area contributed by atoms with Crippen LogP contribution in [0.2, 0.25) is 0 Å². The van der Waals surface area contributed by atoms with Gasteiger partial charge in [0.05, 0.1) is 18.4 Å². The van der Waals surface area contributed by atoms with Crippen LogP contribution in [0.25, 0.3) is 0 Å². The van der Waals surface area contributed by atoms with Gasteiger partial charge in [-0.05, 0) is 30.3 Å². The molecule has 0 bridgehead atoms. The Labute approximate surface area is 121 Å². The number of amides is 1. The minimum atomic E-state index is -0.515. The molecule has 0 unspecified atom stereocenters. The fourth-order valence-corrected chi connectivity index (χ4v) is 1.85. The van der Waals surface area contributed by atoms with E-state index in [2.05, 4.69) is 11.8 Å². The second-order valence-corrected chi connectivity index (χ2v) is 4.39. The van der Waals surface area contributed by atoms with Crippen molar-refractivity contribution in [3.63, 3.8) is 0 Å². The van der Waals surface area contributed by atoms with Crippen LogP contribution in [-0.4, -0.2) is 29.6 Å². The van der Waals surface area contributed by atoms with Gasteiger partial charge in [0.2, 0.25) is 0 Å². The van der Waals surface area contributed by atoms with E-state index in [9.17, 15) is 9.18 Å². The lowest BCUT2D eigenvalue weighted by Gasteiger charge is -2.16. The number of hydrogen-bond acceptors (Lipinski definition) is 3. The minimum absolute atomic E-state index is 0.157. The molecule has 1 heterocycles. The molecule has 0 aliphatic carbocycles. The number of hydrogen-bond donors (Lipinski definition) is 1. The Morgan fingerprint density at radius 1 is 1.43 bits per heavy atom. The number of carbonyl (C=O) groups is 1. The predicted octanol–water partition coefficient (Wildman–Crippen LogP) is 2.03. The van der Waals surface area contributed by atoms with Gasteiger partial charge >= 0.3 is 0 Å². The molecule has 0 radical (unpaired) electrons. The van der Waals surface area contributed by atoms with Crippen LogP contribution in [0.5, 0.6) is 0 Å². The Balaban J connectivity index is 2.26. The van der Waals surface area contributed by atoms with Gasteiger partial charge in [-0.3, -0.25) is 4.79 Å². The summed E-state index contributed by atoms with van der Waals surface area (Å²) >= 11 is 0. The molecular weight excluding hydrogens is 273 g/mol. The largest absolute Gasteiger partial charge is 0.467 e. The quantitative estimate of drug-likeness (QED) is 0.879. The van der Waals surface area contributed by atoms with Crippen LogP contribution >= 0.6 is 0 Å². The average Bonchev–Trinajstić information content (AvgIpc) is 2.98. The summed E-state index contributed by atoms with van der Waals surface area (Å²) in [4.78, 5) is 13.8. The maximum atomic E-state index is 13.4. The highest BCUT2D eigenvalue weighted by Crippen LogP contribution is 2.14. The minimum Gasteiger partial charge on any atom is -0.467 e. The second kappa shape index (κ2) is 6.73. The number of aliphatic hydroxyl groups excluding tert-OH is 1. The molecule has 0 saturated heterocycles. The molecule has 1 aromatic carbocycles. The summed E-state index contributed by atoms with van der Waals surface area (Å²) in [5, 5.41) is 8.74. The first-order chi connectivity index (χ1) is 10.1. The Kier molecular flexibility index (Phi) is 4.75. The van der Waals surface area contributed by atoms with Crippen molar-refractivity contribution in [2.75, 3.05) is 13.7 Å². The van der Waals surface area contributed by atoms with Crippen LogP contribution in [0.3, 0.4) is 0 Å². The summed E-state index contributed by atoms with van der Waals surface area (Å²) in [5.74, 6) is 4.85. The summed E-state index contributed by atoms with van der Waals surface area (Å²) in [5.41, 5.74) is 0.534. The number of carbonyl (C=O) groups excluding carboxylic acids is 1. The van der Waals surface area contributed by atoms with Crippen LogP contribution in [0.15, 0.2) is 41.0 Å². The fraction of sp³-hybridized carbons (Fsp3) is 0.188. The molecule has 4 nitrogen and oxygen atoms in total. The third-order valence-corrected chi connectivity index (χ3v) is 2.83. The molecule has 0 aliphatic heterocycles. The molecule has 0 aliphatic rings. The molecule has 2 rings (SSSR count). The number of rotatable bonds is 3. The van der Waals surface area contributed by atoms with Crippen LogP contribution in [0.4, 0.5) is 4.39 Å². The number of furan rings is 1. The molecule has 1 aromatic heterocycles. The van der Waals surface area contributed by atoms with Gasteiger partial charge in [-0.25, -0.2) is 4.39 Å². The van der Waals surface area contributed by atoms with Crippen molar-refractivity contribution >= 4 is 5.91 Å². The molecule has 0 fully saturated rings. The van der Waals surface area contributed by atoms with Gasteiger partial charge in [0.25, 0.3) is 5.91 Å². The average molecular weight is 287 g/mol. The second-order valence-electron chi connectivity index (χ2n) is 4.39. The first-order valence-corrected chi connectivity index (χ1v) is 6.29. The van der Waals surface area contributed by atoms with Crippen molar-refractivity contribution in [3.05, 3.63) is 59.3 Å². The van der Waals surface area contributed by atoms with E-state index < -0.39 is 5.82 Å². The normalized spacial score (nSPS) is 9.86. The van der Waals surface area contributed by atoms with Crippen LogP contribution in [0, 0.1) is 17.7 Å². The van der Waals surface area contributed by atoms with Crippen LogP contribution < -0.4 is 0 Å². The first-order valence-electron chi connectivity index (χ1n) is 6.29. The third kappa shape index (κ3) is 3.71. The highest BCUT2D eigenvalue weighted by atomic mass is 19.1. The van der Waals surface area contributed by atoms with Crippen molar-refractivity contribution < 1.29 is 18.7 Å². The van der Waals surface area contributed by atoms with Gasteiger partial charge in [-0.15, -0.1) is 0 Å². The molecular formula is C16H14FNO3. The predicted molar refractivity (Wildman–Crippen MR) is 74.9 cm³/mol. The van der Waals surface area contributed by atoms with E-state index in [1.165, 1.54) is 23.3 Å². The lowest BCUT2D eigenvalue weighted by molar-refractivity contribution is 0.0774. The van der Waals surface area contributed by atoms with Crippen LogP contribution in [0.1, 0.15) is 21.7 Å². The standard InChI is InChI=1S/C16H14FNO3/c1-18(11-14-5-3-9-21-14)16(20)15-10-13(17)7-6-12(15)4-2-8-19/h3,5-7,9-10,19H,8,11H2,1H3. The molecule has 2 aromatic rings. The van der Waals surface area contributed by atoms with Gasteiger partial charge in [-0.1, -0.05) is 11.8 Å². The van der Waals surface area contributed by atoms with E-state index in [1.54, 1.807) is 19.2 Å². The summed E-state index contributed by atoms with van der Waals surface area (Å²) in [6, 6.07) is 7.27. The molecule has 108 valence electrons. The zero-order valence-corrected chi connectivity index (χ0v) is 11.5. The van der Waals surface area contributed by atoms with E-state index in [4.69, 9.17) is 9.52 Å². The molecule has 0 atom stereocenters. The van der Waals surface area contributed by atoms with E-state index >= 15 is 0 Å². The molecule has 21 heavy (non-hydrogen) atoms. The molecule has 0 saturated carbocycles. The van der Waals surface area contributed by atoms with Crippen molar-refractivity contribution in [3.8, 4) is 11.8 Å². The van der Waals surface area contributed by atoms with Gasteiger partial charge in [0.1, 0.15) is 18.2 Å². The zero-order valence-electron chi connectivity index (χ0n) is 11.5. The van der Waals surface area contributed by atoms with Crippen LogP contribution in [-0.2, 0) is 6.54 Å². The molecule has 1 amide bonds. The fourth-order valence-electron chi connectivity index (χ4n) is 1.85. The maximum Gasteiger partial charge on any atom is 0.255 e. The Morgan fingerprint density at radius 2 is 2.24 bits per heavy atom. The molecule has 5 heteroatoms. The monoisotopic (exact) mass is 287 g/mol. The summed E-state index contributed by atoms with van der Waals surface area (Å²) < 4.78 is 18.6. The van der Waals surface area contributed by atoms with Crippen molar-refractivity contribution in [1.82, 2.24) is 4.90 Å². The molecule has 0 spiro atoms. The third-order valence-electron chi connectivity index (χ3n) is 2.83. The van der Waals surface area contributed by atoms with Gasteiger partial charge in [0.15, 0.2) is 0 Å². The van der Waals surface area contributed by atoms with Gasteiger partial charge < -0.3 is 14.4 Å². The molecule has 1 N–H and O–H groups in total. The smallest absolute Gasteiger partial charge is 0.255 e. The summed E-state index contributed by atoms with van der Waals surface area (Å²) in [6.07, 6.45) is 1.52. The highest BCUT2D eigenvalue weighted by Gasteiger charge is 2.17. The number of nitrogens with zero attached hydrogens (tertiary/aromatic N) is 1. The highest BCUT2D eigenvalue weighted by molar-refractivity contribution is 5.96. The van der Waals surface area contributed by atoms with Gasteiger partial charge in [-0.2, -0.15) is 0 Å². The van der Waals surface area contributed by atoms with E-state index in [1.807, 2.05) is 0 Å². The van der Waals surface area contributed by atoms with Crippen molar-refractivity contribution in [1.29, 1.82) is 0 Å². The number of benzene rings is 1. The topological polar surface area (TPSA) is 53.7 Å². The SMILES string of the molecule is CN(Cc1ccco1)C(=O)c1cc(F)ccc1C#CCO. The maximum absolute atomic E-state index is 13.4. The van der Waals surface area contributed by atoms with E-state index in [-0.39, 0.29) is 24.6 Å². The summed E-state index contributed by atoms with van der Waals surface area (Å²) in [7, 11) is 1.60. The van der Waals surface area contributed by atoms with Crippen molar-refractivity contribution in [2.45, 2.75) is 6.54 Å². The van der Waals surface area contributed by atoms with E-state index in [0.717, 1.165) is 6.07 Å². The first kappa shape index (κ1) is 14.8. The van der Waals surface area contributed by atoms with Gasteiger partial charge in [0, 0.05) is 12.6 Å². The Hall–Kier alpha value is -2.58. The summed E-state index contributed by atoms with van der Waals surface area (Å²) in [6.45, 7) is -0.0531. The number of aliphatic hydroxyl groups is 1. The Bertz CT molecular complexity index is 683. The lowest BCUT2D eigenvalue weighted by atomic mass is 10.1. The van der Waals surface area contributed by atoms with Crippen molar-refractivity contribution in [2.24, 2.45) is 0 Å². The number of halogens is 1. The Morgan fingerprint density at radius 3 is 2.90 bits per heavy atom. The lowest BCUT2D eigenvalue weighted by Crippen LogP contribution is -2.26. The van der Waals surface area contributed by atoms with E-state index in [0.29, 0.717) is 11.3 Å². The zero-order chi connectivity index (χ0) is 15.2.